The molecule has 0 heterocycles. The molecule has 110 valence electrons. The zero-order valence-electron chi connectivity index (χ0n) is 13.1. The zero-order chi connectivity index (χ0) is 14.1. The van der Waals surface area contributed by atoms with Crippen molar-refractivity contribution >= 4 is 15.9 Å². The highest BCUT2D eigenvalue weighted by molar-refractivity contribution is 9.09. The van der Waals surface area contributed by atoms with Crippen LogP contribution in [0, 0.1) is 22.2 Å². The Labute approximate surface area is 127 Å². The third kappa shape index (κ3) is 1.68. The molecule has 0 spiro atoms. The molecular formula is C17H29BrO. The molecule has 6 unspecified atom stereocenters. The topological polar surface area (TPSA) is 9.23 Å². The molecule has 2 heteroatoms. The van der Waals surface area contributed by atoms with Gasteiger partial charge in [-0.15, -0.1) is 0 Å². The third-order valence-electron chi connectivity index (χ3n) is 7.68. The second-order valence-corrected chi connectivity index (χ2v) is 9.39. The van der Waals surface area contributed by atoms with Gasteiger partial charge in [0.2, 0.25) is 0 Å². The molecule has 3 fully saturated rings. The second kappa shape index (κ2) is 4.22. The lowest BCUT2D eigenvalue weighted by Crippen LogP contribution is -2.55. The lowest BCUT2D eigenvalue weighted by atomic mass is 9.65. The summed E-state index contributed by atoms with van der Waals surface area (Å²) in [5.74, 6) is 0.884. The fourth-order valence-electron chi connectivity index (χ4n) is 4.96. The number of hydrogen-bond donors (Lipinski definition) is 0. The van der Waals surface area contributed by atoms with Gasteiger partial charge in [0.05, 0.1) is 12.2 Å². The smallest absolute Gasteiger partial charge is 0.0654 e. The van der Waals surface area contributed by atoms with Gasteiger partial charge in [-0.3, -0.25) is 0 Å². The zero-order valence-corrected chi connectivity index (χ0v) is 14.7. The van der Waals surface area contributed by atoms with Crippen molar-refractivity contribution in [1.82, 2.24) is 0 Å². The molecule has 3 rings (SSSR count). The Balaban J connectivity index is 1.73. The standard InChI is InChI=1S/C17H29BrO/c1-6-16(4)12(18)10-13(16)19-14-9-11-7-8-17(14,5)15(11,2)3/h11-14H,6-10H2,1-5H3. The largest absolute Gasteiger partial charge is 0.374 e. The summed E-state index contributed by atoms with van der Waals surface area (Å²) in [5, 5.41) is 0. The first-order valence-electron chi connectivity index (χ1n) is 8.05. The van der Waals surface area contributed by atoms with E-state index in [2.05, 4.69) is 50.5 Å². The summed E-state index contributed by atoms with van der Waals surface area (Å²) in [4.78, 5) is 0.648. The first-order chi connectivity index (χ1) is 8.75. The van der Waals surface area contributed by atoms with E-state index >= 15 is 0 Å². The molecule has 3 aliphatic carbocycles. The minimum absolute atomic E-state index is 0.350. The fraction of sp³-hybridized carbons (Fsp3) is 1.00. The number of rotatable bonds is 3. The van der Waals surface area contributed by atoms with Gasteiger partial charge in [-0.05, 0) is 48.9 Å². The van der Waals surface area contributed by atoms with E-state index in [1.54, 1.807) is 0 Å². The van der Waals surface area contributed by atoms with Crippen molar-refractivity contribution in [3.05, 3.63) is 0 Å². The molecule has 0 saturated heterocycles. The van der Waals surface area contributed by atoms with Crippen molar-refractivity contribution in [3.8, 4) is 0 Å². The second-order valence-electron chi connectivity index (χ2n) is 8.29. The van der Waals surface area contributed by atoms with Crippen LogP contribution in [0.15, 0.2) is 0 Å². The summed E-state index contributed by atoms with van der Waals surface area (Å²) < 4.78 is 6.67. The average molecular weight is 329 g/mol. The highest BCUT2D eigenvalue weighted by atomic mass is 79.9. The molecule has 0 amide bonds. The third-order valence-corrected chi connectivity index (χ3v) is 9.10. The van der Waals surface area contributed by atoms with Gasteiger partial charge in [0.15, 0.2) is 0 Å². The number of alkyl halides is 1. The summed E-state index contributed by atoms with van der Waals surface area (Å²) in [6.45, 7) is 12.1. The summed E-state index contributed by atoms with van der Waals surface area (Å²) in [6.07, 6.45) is 7.46. The minimum Gasteiger partial charge on any atom is -0.374 e. The molecule has 1 nitrogen and oxygen atoms in total. The van der Waals surface area contributed by atoms with Crippen LogP contribution in [0.2, 0.25) is 0 Å². The van der Waals surface area contributed by atoms with Crippen molar-refractivity contribution in [2.45, 2.75) is 83.8 Å². The number of ether oxygens (including phenoxy) is 1. The Morgan fingerprint density at radius 2 is 1.79 bits per heavy atom. The molecule has 3 saturated carbocycles. The summed E-state index contributed by atoms with van der Waals surface area (Å²) in [5.41, 5.74) is 1.23. The van der Waals surface area contributed by atoms with Gasteiger partial charge < -0.3 is 4.74 Å². The van der Waals surface area contributed by atoms with Crippen molar-refractivity contribution < 1.29 is 4.74 Å². The Hall–Kier alpha value is 0.440. The normalized spacial score (nSPS) is 55.3. The molecule has 2 bridgehead atoms. The van der Waals surface area contributed by atoms with E-state index in [1.807, 2.05) is 0 Å². The molecule has 0 radical (unpaired) electrons. The van der Waals surface area contributed by atoms with Crippen LogP contribution in [0.3, 0.4) is 0 Å². The Morgan fingerprint density at radius 1 is 1.11 bits per heavy atom. The quantitative estimate of drug-likeness (QED) is 0.649. The van der Waals surface area contributed by atoms with Gasteiger partial charge >= 0.3 is 0 Å². The van der Waals surface area contributed by atoms with Crippen LogP contribution in [0.25, 0.3) is 0 Å². The molecule has 19 heavy (non-hydrogen) atoms. The number of hydrogen-bond acceptors (Lipinski definition) is 1. The Kier molecular flexibility index (Phi) is 3.20. The van der Waals surface area contributed by atoms with E-state index in [-0.39, 0.29) is 0 Å². The number of fused-ring (bicyclic) bond motifs is 2. The van der Waals surface area contributed by atoms with Crippen LogP contribution >= 0.6 is 15.9 Å². The van der Waals surface area contributed by atoms with Crippen LogP contribution in [0.4, 0.5) is 0 Å². The molecule has 6 atom stereocenters. The first kappa shape index (κ1) is 14.4. The van der Waals surface area contributed by atoms with Gasteiger partial charge in [-0.1, -0.05) is 50.5 Å². The monoisotopic (exact) mass is 328 g/mol. The highest BCUT2D eigenvalue weighted by Gasteiger charge is 2.63. The van der Waals surface area contributed by atoms with Crippen LogP contribution in [0.5, 0.6) is 0 Å². The van der Waals surface area contributed by atoms with Crippen molar-refractivity contribution in [3.63, 3.8) is 0 Å². The van der Waals surface area contributed by atoms with E-state index in [9.17, 15) is 0 Å². The van der Waals surface area contributed by atoms with Gasteiger partial charge in [-0.2, -0.15) is 0 Å². The fourth-order valence-corrected chi connectivity index (χ4v) is 5.92. The van der Waals surface area contributed by atoms with Crippen LogP contribution in [-0.4, -0.2) is 17.0 Å². The predicted octanol–water partition coefficient (Wildman–Crippen LogP) is 5.17. The van der Waals surface area contributed by atoms with E-state index in [4.69, 9.17) is 4.74 Å². The Bertz CT molecular complexity index is 379. The molecule has 0 aliphatic heterocycles. The SMILES string of the molecule is CCC1(C)C(Br)CC1OC1CC2CCC1(C)C2(C)C. The van der Waals surface area contributed by atoms with Crippen molar-refractivity contribution in [2.24, 2.45) is 22.2 Å². The molecule has 3 aliphatic rings. The maximum absolute atomic E-state index is 6.67. The first-order valence-corrected chi connectivity index (χ1v) is 8.97. The van der Waals surface area contributed by atoms with Crippen molar-refractivity contribution in [1.29, 1.82) is 0 Å². The maximum Gasteiger partial charge on any atom is 0.0654 e. The Morgan fingerprint density at radius 3 is 2.21 bits per heavy atom. The van der Waals surface area contributed by atoms with Crippen molar-refractivity contribution in [2.75, 3.05) is 0 Å². The molecule has 0 aromatic carbocycles. The lowest BCUT2D eigenvalue weighted by Gasteiger charge is -2.53. The van der Waals surface area contributed by atoms with Gasteiger partial charge in [0.25, 0.3) is 0 Å². The van der Waals surface area contributed by atoms with Gasteiger partial charge in [0, 0.05) is 10.2 Å². The minimum atomic E-state index is 0.350. The van der Waals surface area contributed by atoms with Gasteiger partial charge in [-0.25, -0.2) is 0 Å². The van der Waals surface area contributed by atoms with Gasteiger partial charge in [0.1, 0.15) is 0 Å². The predicted molar refractivity (Wildman–Crippen MR) is 83.6 cm³/mol. The van der Waals surface area contributed by atoms with E-state index in [0.717, 1.165) is 5.92 Å². The molecular weight excluding hydrogens is 300 g/mol. The van der Waals surface area contributed by atoms with E-state index in [1.165, 1.54) is 32.1 Å². The highest BCUT2D eigenvalue weighted by Crippen LogP contribution is 2.67. The van der Waals surface area contributed by atoms with E-state index in [0.29, 0.717) is 33.3 Å². The summed E-state index contributed by atoms with van der Waals surface area (Å²) in [7, 11) is 0. The molecule has 0 aromatic heterocycles. The maximum atomic E-state index is 6.67. The van der Waals surface area contributed by atoms with Crippen LogP contribution in [0.1, 0.15) is 66.7 Å². The summed E-state index contributed by atoms with van der Waals surface area (Å²) in [6, 6.07) is 0. The van der Waals surface area contributed by atoms with Crippen LogP contribution < -0.4 is 0 Å². The lowest BCUT2D eigenvalue weighted by molar-refractivity contribution is -0.165. The average Bonchev–Trinajstić information content (AvgIpc) is 2.70. The van der Waals surface area contributed by atoms with Crippen LogP contribution in [-0.2, 0) is 4.74 Å². The number of halogens is 1. The molecule has 0 aromatic rings. The summed E-state index contributed by atoms with van der Waals surface area (Å²) >= 11 is 3.83. The van der Waals surface area contributed by atoms with E-state index < -0.39 is 0 Å². The molecule has 0 N–H and O–H groups in total.